The highest BCUT2D eigenvalue weighted by atomic mass is 19.4. The standard InChI is InChI=1S/C31H37F3N6O4/c1-37-15-16-39(29(37)43)23-5-6-26(35-18-23)30(44)11-7-22(8-12-30)38-13-9-25-24(38)10-14-40(25)27(41)19-36-28(42)20-3-2-4-21(17-20)31(32,33)34/h2-6,17-18,22,24-25,44H,7-16,19H2,1H3,(H,36,42)/t22?,24-,25-,30?/m1/s1. The molecule has 0 bridgehead atoms. The van der Waals surface area contributed by atoms with Crippen LogP contribution >= 0.6 is 0 Å². The Morgan fingerprint density at radius 2 is 1.77 bits per heavy atom. The number of rotatable bonds is 6. The maximum absolute atomic E-state index is 13.1. The van der Waals surface area contributed by atoms with Crippen molar-refractivity contribution >= 4 is 23.5 Å². The Hall–Kier alpha value is -3.71. The van der Waals surface area contributed by atoms with E-state index in [0.717, 1.165) is 50.0 Å². The lowest BCUT2D eigenvalue weighted by Crippen LogP contribution is -2.47. The van der Waals surface area contributed by atoms with Gasteiger partial charge in [0.1, 0.15) is 5.60 Å². The van der Waals surface area contributed by atoms with E-state index in [2.05, 4.69) is 15.2 Å². The number of amides is 4. The van der Waals surface area contributed by atoms with Gasteiger partial charge in [0.15, 0.2) is 0 Å². The number of anilines is 1. The van der Waals surface area contributed by atoms with Gasteiger partial charge in [-0.05, 0) is 68.9 Å². The highest BCUT2D eigenvalue weighted by Crippen LogP contribution is 2.42. The number of aliphatic hydroxyl groups is 1. The summed E-state index contributed by atoms with van der Waals surface area (Å²) in [7, 11) is 1.77. The summed E-state index contributed by atoms with van der Waals surface area (Å²) in [6, 6.07) is 8.26. The molecule has 3 aliphatic heterocycles. The molecule has 236 valence electrons. The van der Waals surface area contributed by atoms with Crippen LogP contribution in [0.25, 0.3) is 0 Å². The molecule has 1 aromatic carbocycles. The van der Waals surface area contributed by atoms with Crippen LogP contribution in [0.1, 0.15) is 60.1 Å². The Bertz CT molecular complexity index is 1410. The Morgan fingerprint density at radius 3 is 2.43 bits per heavy atom. The summed E-state index contributed by atoms with van der Waals surface area (Å²) in [6.07, 6.45) is 1.43. The summed E-state index contributed by atoms with van der Waals surface area (Å²) >= 11 is 0. The molecular weight excluding hydrogens is 577 g/mol. The first-order valence-electron chi connectivity index (χ1n) is 15.2. The zero-order chi connectivity index (χ0) is 31.2. The second-order valence-electron chi connectivity index (χ2n) is 12.3. The van der Waals surface area contributed by atoms with Crippen LogP contribution in [0.15, 0.2) is 42.6 Å². The second-order valence-corrected chi connectivity index (χ2v) is 12.3. The topological polar surface area (TPSA) is 109 Å². The summed E-state index contributed by atoms with van der Waals surface area (Å²) < 4.78 is 39.0. The molecule has 3 saturated heterocycles. The number of carbonyl (C=O) groups excluding carboxylic acids is 3. The Morgan fingerprint density at radius 1 is 1.02 bits per heavy atom. The van der Waals surface area contributed by atoms with Crippen LogP contribution in [-0.4, -0.2) is 101 Å². The number of hydrogen-bond donors (Lipinski definition) is 2. The predicted molar refractivity (Wildman–Crippen MR) is 155 cm³/mol. The molecule has 4 amide bonds. The van der Waals surface area contributed by atoms with Gasteiger partial charge < -0.3 is 20.2 Å². The molecule has 2 atom stereocenters. The predicted octanol–water partition coefficient (Wildman–Crippen LogP) is 3.21. The van der Waals surface area contributed by atoms with Crippen molar-refractivity contribution in [3.8, 4) is 0 Å². The zero-order valence-electron chi connectivity index (χ0n) is 24.6. The number of pyridine rings is 1. The van der Waals surface area contributed by atoms with E-state index >= 15 is 0 Å². The van der Waals surface area contributed by atoms with Crippen molar-refractivity contribution in [1.82, 2.24) is 25.0 Å². The second kappa shape index (κ2) is 11.7. The molecule has 44 heavy (non-hydrogen) atoms. The molecule has 0 unspecified atom stereocenters. The fourth-order valence-corrected chi connectivity index (χ4v) is 7.35. The minimum absolute atomic E-state index is 0.0234. The molecule has 2 aromatic rings. The van der Waals surface area contributed by atoms with E-state index in [-0.39, 0.29) is 42.2 Å². The first kappa shape index (κ1) is 30.3. The lowest BCUT2D eigenvalue weighted by Gasteiger charge is -2.41. The number of fused-ring (bicyclic) bond motifs is 1. The molecule has 4 heterocycles. The third-order valence-corrected chi connectivity index (χ3v) is 9.80. The Kier molecular flexibility index (Phi) is 8.03. The quantitative estimate of drug-likeness (QED) is 0.518. The van der Waals surface area contributed by atoms with Crippen LogP contribution in [0.5, 0.6) is 0 Å². The van der Waals surface area contributed by atoms with Crippen LogP contribution < -0.4 is 10.2 Å². The van der Waals surface area contributed by atoms with Crippen LogP contribution in [0.2, 0.25) is 0 Å². The SMILES string of the molecule is CN1CCN(c2ccc(C3(O)CCC(N4CC[C@@H]5[C@H]4CCN5C(=O)CNC(=O)c4cccc(C(F)(F)F)c4)CC3)nc2)C1=O. The van der Waals surface area contributed by atoms with Gasteiger partial charge >= 0.3 is 12.2 Å². The number of urea groups is 1. The molecule has 6 rings (SSSR count). The van der Waals surface area contributed by atoms with E-state index in [1.165, 1.54) is 12.1 Å². The van der Waals surface area contributed by atoms with Gasteiger partial charge in [-0.25, -0.2) is 4.79 Å². The first-order chi connectivity index (χ1) is 20.9. The first-order valence-corrected chi connectivity index (χ1v) is 15.2. The third kappa shape index (κ3) is 5.74. The highest BCUT2D eigenvalue weighted by molar-refractivity contribution is 5.96. The smallest absolute Gasteiger partial charge is 0.384 e. The largest absolute Gasteiger partial charge is 0.416 e. The average molecular weight is 615 g/mol. The van der Waals surface area contributed by atoms with Gasteiger partial charge in [0, 0.05) is 56.9 Å². The summed E-state index contributed by atoms with van der Waals surface area (Å²) in [6.45, 7) is 2.40. The van der Waals surface area contributed by atoms with Crippen LogP contribution in [0, 0.1) is 0 Å². The van der Waals surface area contributed by atoms with E-state index in [1.54, 1.807) is 27.9 Å². The van der Waals surface area contributed by atoms with E-state index in [9.17, 15) is 32.7 Å². The van der Waals surface area contributed by atoms with E-state index in [1.807, 2.05) is 12.1 Å². The van der Waals surface area contributed by atoms with Crippen LogP contribution in [-0.2, 0) is 16.6 Å². The molecule has 2 N–H and O–H groups in total. The number of aromatic nitrogens is 1. The number of alkyl halides is 3. The molecule has 1 aromatic heterocycles. The average Bonchev–Trinajstić information content (AvgIpc) is 3.72. The van der Waals surface area contributed by atoms with Gasteiger partial charge in [-0.2, -0.15) is 13.2 Å². The number of benzene rings is 1. The lowest BCUT2D eigenvalue weighted by molar-refractivity contribution is -0.137. The number of nitrogens with zero attached hydrogens (tertiary/aromatic N) is 5. The van der Waals surface area contributed by atoms with Crippen molar-refractivity contribution in [1.29, 1.82) is 0 Å². The molecule has 10 nitrogen and oxygen atoms in total. The number of nitrogens with one attached hydrogen (secondary N) is 1. The maximum atomic E-state index is 13.1. The molecule has 1 aliphatic carbocycles. The molecule has 1 saturated carbocycles. The van der Waals surface area contributed by atoms with Gasteiger partial charge in [-0.3, -0.25) is 24.4 Å². The molecule has 0 spiro atoms. The minimum Gasteiger partial charge on any atom is -0.384 e. The molecule has 4 fully saturated rings. The van der Waals surface area contributed by atoms with Gasteiger partial charge in [0.05, 0.1) is 29.7 Å². The summed E-state index contributed by atoms with van der Waals surface area (Å²) in [5, 5.41) is 14.0. The van der Waals surface area contributed by atoms with Gasteiger partial charge in [-0.1, -0.05) is 6.07 Å². The number of halogens is 3. The van der Waals surface area contributed by atoms with E-state index in [4.69, 9.17) is 0 Å². The molecule has 13 heteroatoms. The lowest BCUT2D eigenvalue weighted by atomic mass is 9.79. The fourth-order valence-electron chi connectivity index (χ4n) is 7.35. The van der Waals surface area contributed by atoms with Gasteiger partial charge in [-0.15, -0.1) is 0 Å². The molecular formula is C31H37F3N6O4. The van der Waals surface area contributed by atoms with Gasteiger partial charge in [0.25, 0.3) is 5.91 Å². The zero-order valence-corrected chi connectivity index (χ0v) is 24.6. The third-order valence-electron chi connectivity index (χ3n) is 9.80. The van der Waals surface area contributed by atoms with E-state index in [0.29, 0.717) is 38.2 Å². The van der Waals surface area contributed by atoms with Crippen molar-refractivity contribution in [2.24, 2.45) is 0 Å². The van der Waals surface area contributed by atoms with Crippen molar-refractivity contribution in [3.05, 3.63) is 59.4 Å². The van der Waals surface area contributed by atoms with Crippen molar-refractivity contribution in [2.75, 3.05) is 44.7 Å². The number of likely N-dealkylation sites (tertiary alicyclic amines) is 2. The molecule has 0 radical (unpaired) electrons. The summed E-state index contributed by atoms with van der Waals surface area (Å²) in [4.78, 5) is 50.0. The van der Waals surface area contributed by atoms with Crippen molar-refractivity contribution in [2.45, 2.75) is 68.4 Å². The minimum atomic E-state index is -4.56. The summed E-state index contributed by atoms with van der Waals surface area (Å²) in [5.41, 5.74) is -0.751. The molecule has 4 aliphatic rings. The monoisotopic (exact) mass is 614 g/mol. The van der Waals surface area contributed by atoms with Crippen LogP contribution in [0.3, 0.4) is 0 Å². The van der Waals surface area contributed by atoms with E-state index < -0.39 is 23.2 Å². The fraction of sp³-hybridized carbons (Fsp3) is 0.548. The Balaban J connectivity index is 1.01. The number of likely N-dealkylation sites (N-methyl/N-ethyl adjacent to an activating group) is 1. The normalized spacial score (nSPS) is 27.6. The number of hydrogen-bond acceptors (Lipinski definition) is 6. The summed E-state index contributed by atoms with van der Waals surface area (Å²) in [5.74, 6) is -0.960. The highest BCUT2D eigenvalue weighted by Gasteiger charge is 2.48. The van der Waals surface area contributed by atoms with Gasteiger partial charge in [0.2, 0.25) is 5.91 Å². The Labute approximate surface area is 253 Å². The maximum Gasteiger partial charge on any atom is 0.416 e. The van der Waals surface area contributed by atoms with Crippen LogP contribution in [0.4, 0.5) is 23.7 Å². The number of carbonyl (C=O) groups is 3. The van der Waals surface area contributed by atoms with Crippen molar-refractivity contribution < 1.29 is 32.7 Å². The van der Waals surface area contributed by atoms with Crippen molar-refractivity contribution in [3.63, 3.8) is 0 Å².